The van der Waals surface area contributed by atoms with Gasteiger partial charge >= 0.3 is 0 Å². The van der Waals surface area contributed by atoms with E-state index in [4.69, 9.17) is 0 Å². The molecule has 0 bridgehead atoms. The van der Waals surface area contributed by atoms with Crippen LogP contribution in [0.3, 0.4) is 0 Å². The predicted octanol–water partition coefficient (Wildman–Crippen LogP) is 2.51. The third kappa shape index (κ3) is 3.84. The monoisotopic (exact) mass is 398 g/mol. The molecular weight excluding hydrogens is 372 g/mol. The summed E-state index contributed by atoms with van der Waals surface area (Å²) in [5.74, 6) is -0.00430. The van der Waals surface area contributed by atoms with Gasteiger partial charge in [-0.25, -0.2) is 8.42 Å². The summed E-state index contributed by atoms with van der Waals surface area (Å²) < 4.78 is 25.6. The van der Waals surface area contributed by atoms with Crippen molar-refractivity contribution in [3.63, 3.8) is 0 Å². The second-order valence-electron chi connectivity index (χ2n) is 7.85. The lowest BCUT2D eigenvalue weighted by Crippen LogP contribution is -2.63. The van der Waals surface area contributed by atoms with E-state index in [2.05, 4.69) is 17.0 Å². The molecule has 0 radical (unpaired) electrons. The van der Waals surface area contributed by atoms with Gasteiger partial charge < -0.3 is 4.90 Å². The van der Waals surface area contributed by atoms with E-state index in [-0.39, 0.29) is 24.2 Å². The van der Waals surface area contributed by atoms with Gasteiger partial charge in [-0.15, -0.1) is 0 Å². The van der Waals surface area contributed by atoms with Crippen molar-refractivity contribution in [2.45, 2.75) is 31.2 Å². The number of fused-ring (bicyclic) bond motifs is 1. The van der Waals surface area contributed by atoms with Gasteiger partial charge in [0.2, 0.25) is 0 Å². The first-order valence-corrected chi connectivity index (χ1v) is 11.5. The quantitative estimate of drug-likeness (QED) is 0.797. The molecule has 5 nitrogen and oxygen atoms in total. The Morgan fingerprint density at radius 2 is 1.86 bits per heavy atom. The van der Waals surface area contributed by atoms with Gasteiger partial charge in [-0.3, -0.25) is 9.69 Å². The molecule has 2 saturated heterocycles. The normalized spacial score (nSPS) is 24.5. The number of likely N-dealkylation sites (tertiary alicyclic amines) is 1. The largest absolute Gasteiger partial charge is 0.333 e. The van der Waals surface area contributed by atoms with Crippen molar-refractivity contribution in [2.24, 2.45) is 0 Å². The van der Waals surface area contributed by atoms with Gasteiger partial charge in [-0.05, 0) is 31.0 Å². The molecular formula is C22H26N2O3S. The molecule has 0 spiro atoms. The number of carbonyl (C=O) groups is 1. The van der Waals surface area contributed by atoms with E-state index in [1.807, 2.05) is 49.4 Å². The van der Waals surface area contributed by atoms with Gasteiger partial charge in [0.1, 0.15) is 0 Å². The summed E-state index contributed by atoms with van der Waals surface area (Å²) in [7, 11) is -3.20. The van der Waals surface area contributed by atoms with Crippen LogP contribution in [0.4, 0.5) is 0 Å². The van der Waals surface area contributed by atoms with E-state index in [0.29, 0.717) is 18.5 Å². The zero-order valence-electron chi connectivity index (χ0n) is 16.1. The zero-order valence-corrected chi connectivity index (χ0v) is 16.9. The molecule has 2 aromatic rings. The van der Waals surface area contributed by atoms with Crippen molar-refractivity contribution in [1.82, 2.24) is 9.80 Å². The number of sulfone groups is 1. The van der Waals surface area contributed by atoms with E-state index in [9.17, 15) is 13.2 Å². The number of rotatable bonds is 3. The molecule has 2 heterocycles. The molecule has 0 aliphatic carbocycles. The Morgan fingerprint density at radius 3 is 2.61 bits per heavy atom. The molecule has 2 atom stereocenters. The minimum atomic E-state index is -3.20. The topological polar surface area (TPSA) is 57.7 Å². The number of amides is 1. The van der Waals surface area contributed by atoms with Gasteiger partial charge in [0.05, 0.1) is 17.0 Å². The minimum Gasteiger partial charge on any atom is -0.333 e. The molecule has 2 aromatic carbocycles. The summed E-state index contributed by atoms with van der Waals surface area (Å²) in [5, 5.41) is -0.507. The smallest absolute Gasteiger partial charge is 0.254 e. The van der Waals surface area contributed by atoms with E-state index < -0.39 is 15.1 Å². The number of benzene rings is 2. The molecule has 6 heteroatoms. The van der Waals surface area contributed by atoms with Crippen LogP contribution in [0.1, 0.15) is 27.9 Å². The summed E-state index contributed by atoms with van der Waals surface area (Å²) in [4.78, 5) is 17.1. The molecule has 28 heavy (non-hydrogen) atoms. The highest BCUT2D eigenvalue weighted by molar-refractivity contribution is 7.92. The van der Waals surface area contributed by atoms with Crippen LogP contribution in [0.5, 0.6) is 0 Å². The van der Waals surface area contributed by atoms with Crippen molar-refractivity contribution in [3.8, 4) is 0 Å². The number of aryl methyl sites for hydroxylation is 1. The molecule has 148 valence electrons. The summed E-state index contributed by atoms with van der Waals surface area (Å²) in [6.07, 6.45) is 0.689. The lowest BCUT2D eigenvalue weighted by molar-refractivity contribution is 0.0568. The standard InChI is InChI=1S/C22H26N2O3S/c1-17-6-5-9-19(14-17)22(25)24-12-13-28(26,27)21-16-23(11-10-20(21)24)15-18-7-3-2-4-8-18/h2-9,14,20-21H,10-13,15-16H2,1H3/t20-,21-/m0/s1. The van der Waals surface area contributed by atoms with Gasteiger partial charge in [0, 0.05) is 31.7 Å². The number of hydrogen-bond donors (Lipinski definition) is 0. The van der Waals surface area contributed by atoms with E-state index >= 15 is 0 Å². The number of carbonyl (C=O) groups excluding carboxylic acids is 1. The van der Waals surface area contributed by atoms with Crippen LogP contribution in [0.25, 0.3) is 0 Å². The maximum atomic E-state index is 13.1. The highest BCUT2D eigenvalue weighted by Gasteiger charge is 2.46. The first-order chi connectivity index (χ1) is 13.4. The molecule has 0 saturated carbocycles. The summed E-state index contributed by atoms with van der Waals surface area (Å²) in [6.45, 7) is 4.27. The summed E-state index contributed by atoms with van der Waals surface area (Å²) in [5.41, 5.74) is 2.86. The molecule has 2 aliphatic heterocycles. The van der Waals surface area contributed by atoms with Crippen molar-refractivity contribution in [3.05, 3.63) is 71.3 Å². The van der Waals surface area contributed by atoms with Gasteiger partial charge in [0.15, 0.2) is 9.84 Å². The van der Waals surface area contributed by atoms with E-state index in [1.54, 1.807) is 4.90 Å². The van der Waals surface area contributed by atoms with Crippen molar-refractivity contribution in [1.29, 1.82) is 0 Å². The lowest BCUT2D eigenvalue weighted by Gasteiger charge is -2.46. The maximum absolute atomic E-state index is 13.1. The summed E-state index contributed by atoms with van der Waals surface area (Å²) in [6, 6.07) is 17.4. The highest BCUT2D eigenvalue weighted by Crippen LogP contribution is 2.29. The fourth-order valence-electron chi connectivity index (χ4n) is 4.40. The van der Waals surface area contributed by atoms with Crippen LogP contribution >= 0.6 is 0 Å². The van der Waals surface area contributed by atoms with E-state index in [0.717, 1.165) is 18.7 Å². The molecule has 4 rings (SSSR count). The third-order valence-corrected chi connectivity index (χ3v) is 8.00. The van der Waals surface area contributed by atoms with Crippen molar-refractivity contribution < 1.29 is 13.2 Å². The average molecular weight is 399 g/mol. The molecule has 2 aliphatic rings. The first-order valence-electron chi connectivity index (χ1n) is 9.79. The lowest BCUT2D eigenvalue weighted by atomic mass is 10.00. The van der Waals surface area contributed by atoms with Gasteiger partial charge in [0.25, 0.3) is 5.91 Å². The van der Waals surface area contributed by atoms with E-state index in [1.165, 1.54) is 5.56 Å². The van der Waals surface area contributed by atoms with Crippen LogP contribution in [0.2, 0.25) is 0 Å². The Balaban J connectivity index is 1.54. The molecule has 1 amide bonds. The van der Waals surface area contributed by atoms with Crippen LogP contribution in [-0.4, -0.2) is 60.8 Å². The SMILES string of the molecule is Cc1cccc(C(=O)N2CCS(=O)(=O)[C@H]3CN(Cc4ccccc4)CC[C@@H]32)c1. The fourth-order valence-corrected chi connectivity index (χ4v) is 6.36. The number of nitrogens with zero attached hydrogens (tertiary/aromatic N) is 2. The Labute approximate surface area is 166 Å². The number of hydrogen-bond acceptors (Lipinski definition) is 4. The Morgan fingerprint density at radius 1 is 1.07 bits per heavy atom. The fraction of sp³-hybridized carbons (Fsp3) is 0.409. The average Bonchev–Trinajstić information content (AvgIpc) is 2.69. The third-order valence-electron chi connectivity index (χ3n) is 5.86. The minimum absolute atomic E-state index is 0.0465. The van der Waals surface area contributed by atoms with Gasteiger partial charge in [-0.1, -0.05) is 48.0 Å². The van der Waals surface area contributed by atoms with Crippen molar-refractivity contribution in [2.75, 3.05) is 25.4 Å². The second-order valence-corrected chi connectivity index (χ2v) is 10.2. The van der Waals surface area contributed by atoms with Crippen LogP contribution in [0, 0.1) is 6.92 Å². The molecule has 0 aromatic heterocycles. The van der Waals surface area contributed by atoms with Crippen molar-refractivity contribution >= 4 is 15.7 Å². The number of piperidine rings is 1. The molecule has 2 fully saturated rings. The Bertz CT molecular complexity index is 959. The van der Waals surface area contributed by atoms with Crippen LogP contribution in [0.15, 0.2) is 54.6 Å². The molecule has 0 N–H and O–H groups in total. The first kappa shape index (κ1) is 19.2. The van der Waals surface area contributed by atoms with Crippen LogP contribution in [-0.2, 0) is 16.4 Å². The Kier molecular flexibility index (Phi) is 5.25. The molecule has 0 unspecified atom stereocenters. The zero-order chi connectivity index (χ0) is 19.7. The second kappa shape index (κ2) is 7.68. The Hall–Kier alpha value is -2.18. The van der Waals surface area contributed by atoms with Gasteiger partial charge in [-0.2, -0.15) is 0 Å². The predicted molar refractivity (Wildman–Crippen MR) is 110 cm³/mol. The highest BCUT2D eigenvalue weighted by atomic mass is 32.2. The maximum Gasteiger partial charge on any atom is 0.254 e. The van der Waals surface area contributed by atoms with Crippen LogP contribution < -0.4 is 0 Å². The summed E-state index contributed by atoms with van der Waals surface area (Å²) >= 11 is 0.